The van der Waals surface area contributed by atoms with Crippen LogP contribution < -0.4 is 5.32 Å². The predicted octanol–water partition coefficient (Wildman–Crippen LogP) is 3.34. The summed E-state index contributed by atoms with van der Waals surface area (Å²) in [6, 6.07) is 9.67. The third kappa shape index (κ3) is 4.26. The molecule has 0 atom stereocenters. The zero-order valence-electron chi connectivity index (χ0n) is 15.9. The number of nitrogens with one attached hydrogen (secondary N) is 1. The molecule has 0 bridgehead atoms. The normalized spacial score (nSPS) is 14.5. The van der Waals surface area contributed by atoms with Gasteiger partial charge in [-0.25, -0.2) is 13.4 Å². The van der Waals surface area contributed by atoms with Crippen molar-refractivity contribution in [2.75, 3.05) is 18.4 Å². The lowest BCUT2D eigenvalue weighted by atomic mass is 10.2. The van der Waals surface area contributed by atoms with Crippen molar-refractivity contribution in [3.63, 3.8) is 0 Å². The summed E-state index contributed by atoms with van der Waals surface area (Å²) in [7, 11) is -3.58. The van der Waals surface area contributed by atoms with Crippen LogP contribution in [0.2, 0.25) is 0 Å². The third-order valence-corrected chi connectivity index (χ3v) is 7.56. The highest BCUT2D eigenvalue weighted by molar-refractivity contribution is 7.90. The second-order valence-corrected chi connectivity index (χ2v) is 9.88. The maximum atomic E-state index is 12.7. The molecule has 1 amide bonds. The molecule has 0 saturated heterocycles. The van der Waals surface area contributed by atoms with Gasteiger partial charge in [-0.2, -0.15) is 0 Å². The zero-order valence-corrected chi connectivity index (χ0v) is 17.6. The summed E-state index contributed by atoms with van der Waals surface area (Å²) in [6.45, 7) is 4.89. The number of fused-ring (bicyclic) bond motifs is 1. The molecule has 0 unspecified atom stereocenters. The lowest BCUT2D eigenvalue weighted by Gasteiger charge is -2.23. The first-order chi connectivity index (χ1) is 14.0. The van der Waals surface area contributed by atoms with Gasteiger partial charge < -0.3 is 4.42 Å². The van der Waals surface area contributed by atoms with E-state index in [4.69, 9.17) is 4.42 Å². The van der Waals surface area contributed by atoms with Crippen LogP contribution in [-0.4, -0.2) is 37.3 Å². The number of thiazole rings is 1. The van der Waals surface area contributed by atoms with Gasteiger partial charge in [-0.05, 0) is 24.7 Å². The molecule has 0 aliphatic carbocycles. The fourth-order valence-electron chi connectivity index (χ4n) is 3.29. The van der Waals surface area contributed by atoms with Gasteiger partial charge >= 0.3 is 0 Å². The first-order valence-corrected chi connectivity index (χ1v) is 11.8. The molecule has 1 N–H and O–H groups in total. The van der Waals surface area contributed by atoms with Gasteiger partial charge in [-0.3, -0.25) is 15.0 Å². The number of hydrogen-bond donors (Lipinski definition) is 1. The molecule has 29 heavy (non-hydrogen) atoms. The zero-order chi connectivity index (χ0) is 20.4. The minimum atomic E-state index is -3.58. The minimum Gasteiger partial charge on any atom is -0.459 e. The fourth-order valence-corrected chi connectivity index (χ4v) is 5.71. The van der Waals surface area contributed by atoms with Crippen molar-refractivity contribution < 1.29 is 17.6 Å². The molecule has 0 fully saturated rings. The highest BCUT2D eigenvalue weighted by atomic mass is 32.2. The van der Waals surface area contributed by atoms with E-state index < -0.39 is 15.7 Å². The van der Waals surface area contributed by atoms with Crippen LogP contribution >= 0.6 is 11.3 Å². The van der Waals surface area contributed by atoms with Gasteiger partial charge in [0.25, 0.3) is 5.91 Å². The van der Waals surface area contributed by atoms with Crippen LogP contribution in [0.4, 0.5) is 5.13 Å². The largest absolute Gasteiger partial charge is 0.459 e. The average molecular weight is 432 g/mol. The van der Waals surface area contributed by atoms with Crippen LogP contribution in [0.15, 0.2) is 52.0 Å². The van der Waals surface area contributed by atoms with Gasteiger partial charge in [0, 0.05) is 30.0 Å². The van der Waals surface area contributed by atoms with Gasteiger partial charge in [0.05, 0.1) is 22.6 Å². The first kappa shape index (κ1) is 19.8. The Bertz CT molecular complexity index is 1120. The number of hydrogen-bond acceptors (Lipinski definition) is 7. The Morgan fingerprint density at radius 3 is 2.83 bits per heavy atom. The van der Waals surface area contributed by atoms with Crippen LogP contribution in [0.3, 0.4) is 0 Å². The molecule has 1 aliphatic heterocycles. The topological polar surface area (TPSA) is 92.5 Å². The number of amides is 1. The Labute approximate surface area is 173 Å². The van der Waals surface area contributed by atoms with Crippen LogP contribution in [0, 0.1) is 0 Å². The maximum Gasteiger partial charge on any atom is 0.293 e. The SMILES string of the molecule is CCN1CCc2nc(NC(=O)c3occc3CS(=O)(=O)c3ccccc3)sc2C1. The molecule has 0 radical (unpaired) electrons. The second kappa shape index (κ2) is 8.10. The summed E-state index contributed by atoms with van der Waals surface area (Å²) in [5, 5.41) is 3.27. The number of aromatic nitrogens is 1. The van der Waals surface area contributed by atoms with Crippen molar-refractivity contribution in [2.45, 2.75) is 30.5 Å². The van der Waals surface area contributed by atoms with Gasteiger partial charge in [0.1, 0.15) is 0 Å². The van der Waals surface area contributed by atoms with Crippen LogP contribution in [0.5, 0.6) is 0 Å². The van der Waals surface area contributed by atoms with Crippen molar-refractivity contribution in [1.29, 1.82) is 0 Å². The number of carbonyl (C=O) groups is 1. The number of carbonyl (C=O) groups excluding carboxylic acids is 1. The van der Waals surface area contributed by atoms with E-state index in [-0.39, 0.29) is 16.4 Å². The number of sulfone groups is 1. The molecule has 0 spiro atoms. The van der Waals surface area contributed by atoms with Gasteiger partial charge in [0.2, 0.25) is 0 Å². The highest BCUT2D eigenvalue weighted by Crippen LogP contribution is 2.29. The lowest BCUT2D eigenvalue weighted by Crippen LogP contribution is -2.29. The van der Waals surface area contributed by atoms with Crippen LogP contribution in [-0.2, 0) is 28.6 Å². The van der Waals surface area contributed by atoms with E-state index in [1.165, 1.54) is 35.8 Å². The van der Waals surface area contributed by atoms with Crippen molar-refractivity contribution in [1.82, 2.24) is 9.88 Å². The Hall–Kier alpha value is -2.49. The molecular weight excluding hydrogens is 410 g/mol. The van der Waals surface area contributed by atoms with Crippen molar-refractivity contribution in [3.05, 3.63) is 64.6 Å². The van der Waals surface area contributed by atoms with E-state index in [0.29, 0.717) is 10.7 Å². The monoisotopic (exact) mass is 431 g/mol. The molecule has 1 aromatic carbocycles. The first-order valence-electron chi connectivity index (χ1n) is 9.32. The standard InChI is InChI=1S/C20H21N3O4S2/c1-2-23-10-8-16-17(12-23)28-20(21-16)22-19(24)18-14(9-11-27-18)13-29(25,26)15-6-4-3-5-7-15/h3-7,9,11H,2,8,10,12-13H2,1H3,(H,21,22,24). The Balaban J connectivity index is 1.50. The average Bonchev–Trinajstić information content (AvgIpc) is 3.33. The molecule has 9 heteroatoms. The van der Waals surface area contributed by atoms with Gasteiger partial charge in [0.15, 0.2) is 20.7 Å². The number of furan rings is 1. The molecular formula is C20H21N3O4S2. The quantitative estimate of drug-likeness (QED) is 0.644. The number of rotatable bonds is 6. The Kier molecular flexibility index (Phi) is 5.53. The maximum absolute atomic E-state index is 12.7. The summed E-state index contributed by atoms with van der Waals surface area (Å²) in [6.07, 6.45) is 2.19. The number of anilines is 1. The number of benzene rings is 1. The molecule has 3 heterocycles. The van der Waals surface area contributed by atoms with E-state index in [1.807, 2.05) is 0 Å². The summed E-state index contributed by atoms with van der Waals surface area (Å²) >= 11 is 1.45. The van der Waals surface area contributed by atoms with Crippen LogP contribution in [0.1, 0.15) is 33.6 Å². The van der Waals surface area contributed by atoms with E-state index >= 15 is 0 Å². The van der Waals surface area contributed by atoms with E-state index in [2.05, 4.69) is 22.1 Å². The smallest absolute Gasteiger partial charge is 0.293 e. The summed E-state index contributed by atoms with van der Waals surface area (Å²) in [4.78, 5) is 20.9. The van der Waals surface area contributed by atoms with Crippen molar-refractivity contribution >= 4 is 32.2 Å². The third-order valence-electron chi connectivity index (χ3n) is 4.88. The Morgan fingerprint density at radius 1 is 1.28 bits per heavy atom. The lowest BCUT2D eigenvalue weighted by molar-refractivity contribution is 0.0995. The minimum absolute atomic E-state index is 0.00661. The molecule has 1 aliphatic rings. The van der Waals surface area contributed by atoms with E-state index in [0.717, 1.165) is 36.6 Å². The number of nitrogens with zero attached hydrogens (tertiary/aromatic N) is 2. The van der Waals surface area contributed by atoms with E-state index in [1.54, 1.807) is 18.2 Å². The van der Waals surface area contributed by atoms with Crippen molar-refractivity contribution in [3.8, 4) is 0 Å². The second-order valence-electron chi connectivity index (χ2n) is 6.81. The summed E-state index contributed by atoms with van der Waals surface area (Å²) in [5.74, 6) is -0.810. The molecule has 3 aromatic rings. The predicted molar refractivity (Wildman–Crippen MR) is 111 cm³/mol. The van der Waals surface area contributed by atoms with Crippen LogP contribution in [0.25, 0.3) is 0 Å². The number of likely N-dealkylation sites (N-methyl/N-ethyl adjacent to an activating group) is 1. The molecule has 152 valence electrons. The molecule has 7 nitrogen and oxygen atoms in total. The van der Waals surface area contributed by atoms with Gasteiger partial charge in [-0.1, -0.05) is 25.1 Å². The molecule has 4 rings (SSSR count). The van der Waals surface area contributed by atoms with Crippen molar-refractivity contribution in [2.24, 2.45) is 0 Å². The fraction of sp³-hybridized carbons (Fsp3) is 0.300. The summed E-state index contributed by atoms with van der Waals surface area (Å²) in [5.41, 5.74) is 1.34. The molecule has 2 aromatic heterocycles. The van der Waals surface area contributed by atoms with Gasteiger partial charge in [-0.15, -0.1) is 11.3 Å². The highest BCUT2D eigenvalue weighted by Gasteiger charge is 2.25. The summed E-state index contributed by atoms with van der Waals surface area (Å²) < 4.78 is 30.6. The molecule has 0 saturated carbocycles. The van der Waals surface area contributed by atoms with E-state index in [9.17, 15) is 13.2 Å². The Morgan fingerprint density at radius 2 is 2.07 bits per heavy atom.